The summed E-state index contributed by atoms with van der Waals surface area (Å²) in [5, 5.41) is -0.765. The van der Waals surface area contributed by atoms with E-state index in [9.17, 15) is 9.36 Å². The summed E-state index contributed by atoms with van der Waals surface area (Å²) in [5.74, 6) is 0. The summed E-state index contributed by atoms with van der Waals surface area (Å²) in [7, 11) is -3.20. The summed E-state index contributed by atoms with van der Waals surface area (Å²) in [5.41, 5.74) is 0. The van der Waals surface area contributed by atoms with Crippen LogP contribution in [0.4, 0.5) is 0 Å². The molecule has 0 fully saturated rings. The standard InChI is InChI=1S/C3H6ClO3P/c1-8(6,7)2-3(4)5/h2H2,1H3,(H,6,7). The highest BCUT2D eigenvalue weighted by atomic mass is 35.5. The van der Waals surface area contributed by atoms with Crippen molar-refractivity contribution >= 4 is 24.2 Å². The lowest BCUT2D eigenvalue weighted by Crippen LogP contribution is -1.94. The Morgan fingerprint density at radius 3 is 2.25 bits per heavy atom. The van der Waals surface area contributed by atoms with Gasteiger partial charge in [-0.3, -0.25) is 9.36 Å². The Kier molecular flexibility index (Phi) is 2.67. The molecule has 0 aromatic carbocycles. The molecule has 1 atom stereocenters. The molecule has 0 aromatic rings. The second kappa shape index (κ2) is 2.62. The maximum atomic E-state index is 10.3. The third-order valence-electron chi connectivity index (χ3n) is 0.418. The van der Waals surface area contributed by atoms with E-state index in [4.69, 9.17) is 16.5 Å². The predicted molar refractivity (Wildman–Crippen MR) is 31.5 cm³/mol. The van der Waals surface area contributed by atoms with Gasteiger partial charge in [-0.1, -0.05) is 0 Å². The summed E-state index contributed by atoms with van der Waals surface area (Å²) >= 11 is 4.79. The molecule has 0 amide bonds. The Labute approximate surface area is 52.1 Å². The van der Waals surface area contributed by atoms with Crippen LogP contribution < -0.4 is 0 Å². The zero-order valence-electron chi connectivity index (χ0n) is 4.30. The van der Waals surface area contributed by atoms with E-state index in [2.05, 4.69) is 0 Å². The maximum Gasteiger partial charge on any atom is 0.231 e. The van der Waals surface area contributed by atoms with Crippen LogP contribution in [-0.4, -0.2) is 23.0 Å². The number of hydrogen-bond donors (Lipinski definition) is 1. The van der Waals surface area contributed by atoms with Gasteiger partial charge in [-0.2, -0.15) is 0 Å². The predicted octanol–water partition coefficient (Wildman–Crippen LogP) is 0.652. The summed E-state index contributed by atoms with van der Waals surface area (Å²) in [6.45, 7) is 1.09. The van der Waals surface area contributed by atoms with Crippen LogP contribution >= 0.6 is 19.0 Å². The van der Waals surface area contributed by atoms with Crippen molar-refractivity contribution in [1.82, 2.24) is 0 Å². The minimum atomic E-state index is -3.20. The highest BCUT2D eigenvalue weighted by Gasteiger charge is 2.13. The molecule has 0 rings (SSSR count). The zero-order chi connectivity index (χ0) is 6.78. The number of rotatable bonds is 2. The molecule has 0 saturated heterocycles. The topological polar surface area (TPSA) is 54.4 Å². The van der Waals surface area contributed by atoms with Crippen molar-refractivity contribution in [3.63, 3.8) is 0 Å². The molecule has 0 bridgehead atoms. The second-order valence-electron chi connectivity index (χ2n) is 1.56. The first kappa shape index (κ1) is 8.15. The summed E-state index contributed by atoms with van der Waals surface area (Å²) in [6.07, 6.45) is -0.436. The molecule has 1 N–H and O–H groups in total. The average Bonchev–Trinajstić information content (AvgIpc) is 1.21. The smallest absolute Gasteiger partial charge is 0.231 e. The molecule has 0 aliphatic carbocycles. The highest BCUT2D eigenvalue weighted by Crippen LogP contribution is 2.34. The van der Waals surface area contributed by atoms with E-state index in [0.29, 0.717) is 0 Å². The summed E-state index contributed by atoms with van der Waals surface area (Å²) in [6, 6.07) is 0. The monoisotopic (exact) mass is 156 g/mol. The molecule has 0 saturated carbocycles. The molecule has 0 heterocycles. The Balaban J connectivity index is 3.74. The molecule has 48 valence electrons. The lowest BCUT2D eigenvalue weighted by molar-refractivity contribution is -0.109. The largest absolute Gasteiger partial charge is 0.344 e. The normalized spacial score (nSPS) is 17.4. The van der Waals surface area contributed by atoms with Crippen molar-refractivity contribution in [3.05, 3.63) is 0 Å². The number of carbonyl (C=O) groups excluding carboxylic acids is 1. The molecule has 0 spiro atoms. The van der Waals surface area contributed by atoms with Gasteiger partial charge in [-0.15, -0.1) is 0 Å². The Morgan fingerprint density at radius 2 is 2.25 bits per heavy atom. The zero-order valence-corrected chi connectivity index (χ0v) is 5.95. The van der Waals surface area contributed by atoms with Gasteiger partial charge in [0.05, 0.1) is 6.16 Å². The number of carbonyl (C=O) groups is 1. The van der Waals surface area contributed by atoms with Crippen LogP contribution in [0.5, 0.6) is 0 Å². The van der Waals surface area contributed by atoms with Crippen molar-refractivity contribution in [3.8, 4) is 0 Å². The average molecular weight is 157 g/mol. The van der Waals surface area contributed by atoms with Crippen LogP contribution in [0, 0.1) is 0 Å². The van der Waals surface area contributed by atoms with E-state index in [-0.39, 0.29) is 0 Å². The van der Waals surface area contributed by atoms with Crippen molar-refractivity contribution in [2.75, 3.05) is 12.8 Å². The van der Waals surface area contributed by atoms with Gasteiger partial charge in [0.2, 0.25) is 12.6 Å². The quantitative estimate of drug-likeness (QED) is 0.472. The van der Waals surface area contributed by atoms with E-state index >= 15 is 0 Å². The fourth-order valence-corrected chi connectivity index (χ4v) is 1.36. The van der Waals surface area contributed by atoms with Crippen LogP contribution in [0.25, 0.3) is 0 Å². The highest BCUT2D eigenvalue weighted by molar-refractivity contribution is 7.58. The third-order valence-corrected chi connectivity index (χ3v) is 1.61. The Hall–Kier alpha value is 0.150. The van der Waals surface area contributed by atoms with Gasteiger partial charge in [-0.05, 0) is 11.6 Å². The van der Waals surface area contributed by atoms with E-state index in [1.807, 2.05) is 0 Å². The van der Waals surface area contributed by atoms with E-state index < -0.39 is 18.8 Å². The lowest BCUT2D eigenvalue weighted by atomic mass is 10.9. The fraction of sp³-hybridized carbons (Fsp3) is 0.667. The van der Waals surface area contributed by atoms with Crippen LogP contribution in [0.15, 0.2) is 0 Å². The van der Waals surface area contributed by atoms with Crippen LogP contribution in [0.1, 0.15) is 0 Å². The van der Waals surface area contributed by atoms with Crippen LogP contribution in [0.3, 0.4) is 0 Å². The van der Waals surface area contributed by atoms with Gasteiger partial charge in [0.25, 0.3) is 0 Å². The van der Waals surface area contributed by atoms with E-state index in [0.717, 1.165) is 6.66 Å². The number of hydrogen-bond acceptors (Lipinski definition) is 2. The first-order valence-electron chi connectivity index (χ1n) is 1.89. The molecule has 0 radical (unpaired) electrons. The Bertz CT molecular complexity index is 137. The van der Waals surface area contributed by atoms with Crippen molar-refractivity contribution in [2.24, 2.45) is 0 Å². The fourth-order valence-electron chi connectivity index (χ4n) is 0.231. The van der Waals surface area contributed by atoms with Crippen LogP contribution in [0.2, 0.25) is 0 Å². The van der Waals surface area contributed by atoms with Gasteiger partial charge in [0.15, 0.2) is 0 Å². The van der Waals surface area contributed by atoms with Crippen molar-refractivity contribution < 1.29 is 14.3 Å². The molecule has 0 aliphatic heterocycles. The molecule has 0 aliphatic rings. The molecule has 5 heteroatoms. The minimum absolute atomic E-state index is 0.436. The van der Waals surface area contributed by atoms with E-state index in [1.54, 1.807) is 0 Å². The van der Waals surface area contributed by atoms with Gasteiger partial charge in [-0.25, -0.2) is 0 Å². The van der Waals surface area contributed by atoms with Gasteiger partial charge < -0.3 is 4.89 Å². The first-order chi connectivity index (χ1) is 3.42. The van der Waals surface area contributed by atoms with E-state index in [1.165, 1.54) is 0 Å². The van der Waals surface area contributed by atoms with Gasteiger partial charge in [0.1, 0.15) is 0 Å². The molecular formula is C3H6ClO3P. The van der Waals surface area contributed by atoms with Crippen molar-refractivity contribution in [1.29, 1.82) is 0 Å². The molecular weight excluding hydrogens is 150 g/mol. The lowest BCUT2D eigenvalue weighted by Gasteiger charge is -1.96. The molecule has 8 heavy (non-hydrogen) atoms. The van der Waals surface area contributed by atoms with Crippen LogP contribution in [-0.2, 0) is 9.36 Å². The molecule has 3 nitrogen and oxygen atoms in total. The van der Waals surface area contributed by atoms with Gasteiger partial charge >= 0.3 is 0 Å². The number of halogens is 1. The van der Waals surface area contributed by atoms with Gasteiger partial charge in [0, 0.05) is 6.66 Å². The Morgan fingerprint density at radius 1 is 1.88 bits per heavy atom. The summed E-state index contributed by atoms with van der Waals surface area (Å²) < 4.78 is 10.3. The molecule has 0 aromatic heterocycles. The van der Waals surface area contributed by atoms with Crippen molar-refractivity contribution in [2.45, 2.75) is 0 Å². The minimum Gasteiger partial charge on any atom is -0.344 e. The maximum absolute atomic E-state index is 10.3. The summed E-state index contributed by atoms with van der Waals surface area (Å²) in [4.78, 5) is 18.3. The SMILES string of the molecule is CP(=O)(O)CC(=O)Cl. The molecule has 1 unspecified atom stereocenters. The first-order valence-corrected chi connectivity index (χ1v) is 4.56. The second-order valence-corrected chi connectivity index (χ2v) is 4.40. The third kappa shape index (κ3) is 6.15.